The van der Waals surface area contributed by atoms with E-state index in [9.17, 15) is 22.3 Å². The van der Waals surface area contributed by atoms with Crippen molar-refractivity contribution in [2.24, 2.45) is 0 Å². The van der Waals surface area contributed by atoms with Crippen molar-refractivity contribution in [3.05, 3.63) is 82.5 Å². The lowest BCUT2D eigenvalue weighted by molar-refractivity contribution is -0.0506. The lowest BCUT2D eigenvalue weighted by atomic mass is 9.95. The predicted molar refractivity (Wildman–Crippen MR) is 123 cm³/mol. The Bertz CT molecular complexity index is 1560. The number of ether oxygens (including phenoxy) is 1. The summed E-state index contributed by atoms with van der Waals surface area (Å²) in [5, 5.41) is 11.0. The highest BCUT2D eigenvalue weighted by atomic mass is 35.5. The SMILES string of the molecule is CS(=O)(=O)c1ccc(-c2cn3c4c(nc3cc2F)[C@H](O)C[C@@H]4c2cc(Cl)ccc2OC(F)F)cc1. The van der Waals surface area contributed by atoms with Crippen molar-refractivity contribution in [3.63, 3.8) is 0 Å². The summed E-state index contributed by atoms with van der Waals surface area (Å²) < 4.78 is 70.9. The summed E-state index contributed by atoms with van der Waals surface area (Å²) in [6, 6.07) is 11.2. The van der Waals surface area contributed by atoms with Crippen LogP contribution in [-0.2, 0) is 9.84 Å². The minimum absolute atomic E-state index is 0.0805. The number of alkyl halides is 2. The van der Waals surface area contributed by atoms with E-state index in [4.69, 9.17) is 16.3 Å². The number of imidazole rings is 1. The molecule has 6 nitrogen and oxygen atoms in total. The van der Waals surface area contributed by atoms with Gasteiger partial charge in [-0.2, -0.15) is 8.78 Å². The highest BCUT2D eigenvalue weighted by molar-refractivity contribution is 7.90. The highest BCUT2D eigenvalue weighted by Gasteiger charge is 2.38. The number of hydrogen-bond acceptors (Lipinski definition) is 5. The molecule has 0 radical (unpaired) electrons. The first-order valence-electron chi connectivity index (χ1n) is 10.5. The lowest BCUT2D eigenvalue weighted by Crippen LogP contribution is -2.09. The third-order valence-electron chi connectivity index (χ3n) is 6.04. The van der Waals surface area contributed by atoms with Crippen molar-refractivity contribution in [1.82, 2.24) is 9.38 Å². The van der Waals surface area contributed by atoms with Crippen molar-refractivity contribution >= 4 is 27.1 Å². The molecule has 0 amide bonds. The summed E-state index contributed by atoms with van der Waals surface area (Å²) in [6.45, 7) is -3.06. The van der Waals surface area contributed by atoms with Gasteiger partial charge in [0, 0.05) is 40.6 Å². The molecule has 0 unspecified atom stereocenters. The fraction of sp³-hybridized carbons (Fsp3) is 0.208. The third-order valence-corrected chi connectivity index (χ3v) is 7.40. The van der Waals surface area contributed by atoms with Crippen LogP contribution in [0.3, 0.4) is 0 Å². The largest absolute Gasteiger partial charge is 0.435 e. The smallest absolute Gasteiger partial charge is 0.387 e. The van der Waals surface area contributed by atoms with Crippen molar-refractivity contribution in [3.8, 4) is 16.9 Å². The average Bonchev–Trinajstić information content (AvgIpc) is 3.30. The van der Waals surface area contributed by atoms with Crippen molar-refractivity contribution < 1.29 is 31.4 Å². The van der Waals surface area contributed by atoms with Gasteiger partial charge < -0.3 is 14.2 Å². The molecule has 4 aromatic rings. The Morgan fingerprint density at radius 2 is 1.89 bits per heavy atom. The maximum absolute atomic E-state index is 15.0. The number of aromatic nitrogens is 2. The molecule has 1 N–H and O–H groups in total. The molecule has 1 aliphatic carbocycles. The second kappa shape index (κ2) is 8.54. The van der Waals surface area contributed by atoms with Crippen LogP contribution in [0.5, 0.6) is 5.75 Å². The number of benzene rings is 2. The van der Waals surface area contributed by atoms with E-state index in [1.807, 2.05) is 0 Å². The first-order valence-corrected chi connectivity index (χ1v) is 12.7. The molecule has 0 spiro atoms. The predicted octanol–water partition coefficient (Wildman–Crippen LogP) is 5.37. The van der Waals surface area contributed by atoms with Gasteiger partial charge >= 0.3 is 6.61 Å². The number of hydrogen-bond donors (Lipinski definition) is 1. The molecular weight excluding hydrogens is 505 g/mol. The maximum atomic E-state index is 15.0. The van der Waals surface area contributed by atoms with Crippen LogP contribution >= 0.6 is 11.6 Å². The van der Waals surface area contributed by atoms with Gasteiger partial charge in [0.2, 0.25) is 0 Å². The number of fused-ring (bicyclic) bond motifs is 3. The quantitative estimate of drug-likeness (QED) is 0.381. The summed E-state index contributed by atoms with van der Waals surface area (Å²) in [5.74, 6) is -1.28. The van der Waals surface area contributed by atoms with Gasteiger partial charge in [-0.15, -0.1) is 0 Å². The second-order valence-corrected chi connectivity index (χ2v) is 10.8. The van der Waals surface area contributed by atoms with E-state index >= 15 is 4.39 Å². The Labute approximate surface area is 203 Å². The Hall–Kier alpha value is -3.08. The van der Waals surface area contributed by atoms with Crippen molar-refractivity contribution in [2.45, 2.75) is 29.9 Å². The molecule has 182 valence electrons. The zero-order valence-electron chi connectivity index (χ0n) is 18.1. The van der Waals surface area contributed by atoms with Gasteiger partial charge in [-0.3, -0.25) is 0 Å². The minimum Gasteiger partial charge on any atom is -0.435 e. The summed E-state index contributed by atoms with van der Waals surface area (Å²) in [6.07, 6.45) is 1.72. The van der Waals surface area contributed by atoms with E-state index in [0.717, 1.165) is 6.26 Å². The monoisotopic (exact) mass is 522 g/mol. The Balaban J connectivity index is 1.67. The van der Waals surface area contributed by atoms with Crippen LogP contribution in [0, 0.1) is 5.82 Å². The van der Waals surface area contributed by atoms with Gasteiger partial charge in [0.05, 0.1) is 22.4 Å². The van der Waals surface area contributed by atoms with E-state index in [0.29, 0.717) is 27.5 Å². The Morgan fingerprint density at radius 3 is 2.54 bits per heavy atom. The maximum Gasteiger partial charge on any atom is 0.387 e. The van der Waals surface area contributed by atoms with Crippen LogP contribution < -0.4 is 4.74 Å². The van der Waals surface area contributed by atoms with Gasteiger partial charge in [0.15, 0.2) is 9.84 Å². The molecule has 2 aromatic carbocycles. The number of sulfone groups is 1. The molecule has 35 heavy (non-hydrogen) atoms. The molecule has 2 aromatic heterocycles. The van der Waals surface area contributed by atoms with Gasteiger partial charge in [-0.25, -0.2) is 17.8 Å². The molecule has 0 fully saturated rings. The second-order valence-electron chi connectivity index (χ2n) is 8.31. The van der Waals surface area contributed by atoms with E-state index < -0.39 is 34.3 Å². The average molecular weight is 523 g/mol. The number of halogens is 4. The third kappa shape index (κ3) is 4.26. The van der Waals surface area contributed by atoms with E-state index in [1.165, 1.54) is 54.7 Å². The number of rotatable bonds is 5. The van der Waals surface area contributed by atoms with Crippen LogP contribution in [0.15, 0.2) is 59.6 Å². The Morgan fingerprint density at radius 1 is 1.17 bits per heavy atom. The molecule has 11 heteroatoms. The summed E-state index contributed by atoms with van der Waals surface area (Å²) >= 11 is 6.14. The first kappa shape index (κ1) is 23.7. The van der Waals surface area contributed by atoms with Crippen LogP contribution in [0.4, 0.5) is 13.2 Å². The van der Waals surface area contributed by atoms with Gasteiger partial charge in [0.25, 0.3) is 0 Å². The van der Waals surface area contributed by atoms with Crippen LogP contribution in [0.1, 0.15) is 35.4 Å². The molecule has 2 heterocycles. The Kier molecular flexibility index (Phi) is 5.77. The number of nitrogens with zero attached hydrogens (tertiary/aromatic N) is 2. The molecule has 5 rings (SSSR count). The summed E-state index contributed by atoms with van der Waals surface area (Å²) in [4.78, 5) is 4.48. The summed E-state index contributed by atoms with van der Waals surface area (Å²) in [5.41, 5.74) is 1.99. The van der Waals surface area contributed by atoms with Crippen molar-refractivity contribution in [1.29, 1.82) is 0 Å². The van der Waals surface area contributed by atoms with E-state index in [2.05, 4.69) is 4.98 Å². The molecule has 0 saturated heterocycles. The molecule has 2 atom stereocenters. The number of aliphatic hydroxyl groups excluding tert-OH is 1. The molecule has 1 aliphatic rings. The van der Waals surface area contributed by atoms with E-state index in [-0.39, 0.29) is 28.3 Å². The first-order chi connectivity index (χ1) is 16.5. The molecular formula is C24H18ClF3N2O4S. The lowest BCUT2D eigenvalue weighted by Gasteiger charge is -2.18. The topological polar surface area (TPSA) is 80.9 Å². The fourth-order valence-corrected chi connectivity index (χ4v) is 5.31. The van der Waals surface area contributed by atoms with Crippen LogP contribution in [0.2, 0.25) is 5.02 Å². The van der Waals surface area contributed by atoms with Crippen LogP contribution in [0.25, 0.3) is 16.8 Å². The standard InChI is InChI=1S/C24H18ClF3N2O4S/c1-35(32,33)14-5-2-12(3-6-14)17-11-30-21(10-18(17)26)29-22-19(31)9-16(23(22)30)15-8-13(25)4-7-20(15)34-24(27)28/h2-8,10-11,16,19,24,31H,9H2,1H3/t16-,19-/m1/s1. The van der Waals surface area contributed by atoms with Gasteiger partial charge in [-0.1, -0.05) is 23.7 Å². The number of pyridine rings is 1. The molecule has 0 aliphatic heterocycles. The number of aliphatic hydroxyl groups is 1. The van der Waals surface area contributed by atoms with Crippen LogP contribution in [-0.4, -0.2) is 35.8 Å². The van der Waals surface area contributed by atoms with E-state index in [1.54, 1.807) is 4.40 Å². The normalized spacial score (nSPS) is 17.8. The molecule has 0 bridgehead atoms. The zero-order valence-corrected chi connectivity index (χ0v) is 19.7. The fourth-order valence-electron chi connectivity index (χ4n) is 4.50. The van der Waals surface area contributed by atoms with Gasteiger partial charge in [-0.05, 0) is 42.3 Å². The van der Waals surface area contributed by atoms with Crippen molar-refractivity contribution in [2.75, 3.05) is 6.26 Å². The summed E-state index contributed by atoms with van der Waals surface area (Å²) in [7, 11) is -3.42. The van der Waals surface area contributed by atoms with Gasteiger partial charge in [0.1, 0.15) is 17.2 Å². The zero-order chi connectivity index (χ0) is 25.1. The molecule has 0 saturated carbocycles. The minimum atomic E-state index is -3.42. The highest BCUT2D eigenvalue weighted by Crippen LogP contribution is 2.47.